The first-order valence-electron chi connectivity index (χ1n) is 8.27. The van der Waals surface area contributed by atoms with Gasteiger partial charge in [0.2, 0.25) is 15.2 Å². The van der Waals surface area contributed by atoms with Gasteiger partial charge in [-0.05, 0) is 31.5 Å². The van der Waals surface area contributed by atoms with Crippen molar-refractivity contribution < 1.29 is 17.9 Å². The van der Waals surface area contributed by atoms with Crippen molar-refractivity contribution >= 4 is 32.4 Å². The average molecular weight is 399 g/mol. The molecule has 0 saturated heterocycles. The number of sulfonamides is 1. The maximum atomic E-state index is 12.4. The number of rotatable bonds is 10. The van der Waals surface area contributed by atoms with E-state index in [0.717, 1.165) is 12.8 Å². The largest absolute Gasteiger partial charge is 0.374 e. The summed E-state index contributed by atoms with van der Waals surface area (Å²) in [6.07, 6.45) is 1.64. The van der Waals surface area contributed by atoms with Crippen LogP contribution in [0.4, 0.5) is 5.13 Å². The Morgan fingerprint density at radius 2 is 2.08 bits per heavy atom. The van der Waals surface area contributed by atoms with Gasteiger partial charge in [-0.3, -0.25) is 10.1 Å². The quantitative estimate of drug-likeness (QED) is 0.595. The van der Waals surface area contributed by atoms with Gasteiger partial charge in [0.05, 0.1) is 4.90 Å². The van der Waals surface area contributed by atoms with Crippen molar-refractivity contribution in [3.63, 3.8) is 0 Å². The Morgan fingerprint density at radius 1 is 1.27 bits per heavy atom. The van der Waals surface area contributed by atoms with Crippen LogP contribution in [0.25, 0.3) is 0 Å². The van der Waals surface area contributed by atoms with Crippen LogP contribution in [0.15, 0.2) is 29.2 Å². The molecule has 10 heteroatoms. The summed E-state index contributed by atoms with van der Waals surface area (Å²) in [7, 11) is -3.64. The first kappa shape index (κ1) is 20.4. The first-order chi connectivity index (χ1) is 12.5. The number of carbonyl (C=O) groups excluding carboxylic acids is 1. The summed E-state index contributed by atoms with van der Waals surface area (Å²) in [4.78, 5) is 12.4. The van der Waals surface area contributed by atoms with Crippen LogP contribution < -0.4 is 10.0 Å². The molecule has 0 aliphatic rings. The van der Waals surface area contributed by atoms with E-state index < -0.39 is 15.9 Å². The Morgan fingerprint density at radius 3 is 2.81 bits per heavy atom. The van der Waals surface area contributed by atoms with E-state index in [1.54, 1.807) is 6.07 Å². The summed E-state index contributed by atoms with van der Waals surface area (Å²) in [5, 5.41) is 11.4. The van der Waals surface area contributed by atoms with E-state index in [1.807, 2.05) is 13.8 Å². The number of hydrogen-bond donors (Lipinski definition) is 2. The standard InChI is InChI=1S/C16H22N4O4S2/c1-3-5-9-17-26(22,23)13-8-6-7-12(10-13)15(21)18-16-20-19-14(25-16)11-24-4-2/h6-8,10,17H,3-5,9,11H2,1-2H3,(H,18,20,21). The number of unbranched alkanes of at least 4 members (excludes halogenated alkanes) is 1. The normalized spacial score (nSPS) is 11.5. The molecule has 0 unspecified atom stereocenters. The van der Waals surface area contributed by atoms with Gasteiger partial charge in [0.1, 0.15) is 11.6 Å². The predicted molar refractivity (Wildman–Crippen MR) is 99.7 cm³/mol. The van der Waals surface area contributed by atoms with Gasteiger partial charge in [-0.25, -0.2) is 13.1 Å². The molecule has 0 aliphatic carbocycles. The molecule has 142 valence electrons. The van der Waals surface area contributed by atoms with E-state index in [1.165, 1.54) is 29.5 Å². The lowest BCUT2D eigenvalue weighted by Gasteiger charge is -2.08. The molecule has 2 N–H and O–H groups in total. The number of nitrogens with zero attached hydrogens (tertiary/aromatic N) is 2. The number of carbonyl (C=O) groups is 1. The van der Waals surface area contributed by atoms with Crippen molar-refractivity contribution in [2.75, 3.05) is 18.5 Å². The van der Waals surface area contributed by atoms with E-state index in [2.05, 4.69) is 20.2 Å². The molecule has 2 aromatic rings. The minimum Gasteiger partial charge on any atom is -0.374 e. The Bertz CT molecular complexity index is 836. The van der Waals surface area contributed by atoms with Crippen LogP contribution in [0.3, 0.4) is 0 Å². The van der Waals surface area contributed by atoms with Gasteiger partial charge in [0.15, 0.2) is 0 Å². The van der Waals surface area contributed by atoms with Gasteiger partial charge in [-0.15, -0.1) is 10.2 Å². The number of aromatic nitrogens is 2. The highest BCUT2D eigenvalue weighted by Crippen LogP contribution is 2.18. The highest BCUT2D eigenvalue weighted by atomic mass is 32.2. The van der Waals surface area contributed by atoms with Crippen LogP contribution in [0.5, 0.6) is 0 Å². The van der Waals surface area contributed by atoms with Gasteiger partial charge in [-0.1, -0.05) is 30.7 Å². The highest BCUT2D eigenvalue weighted by molar-refractivity contribution is 7.89. The van der Waals surface area contributed by atoms with Gasteiger partial charge < -0.3 is 4.74 Å². The monoisotopic (exact) mass is 398 g/mol. The summed E-state index contributed by atoms with van der Waals surface area (Å²) < 4.78 is 32.3. The van der Waals surface area contributed by atoms with E-state index in [9.17, 15) is 13.2 Å². The predicted octanol–water partition coefficient (Wildman–Crippen LogP) is 2.41. The molecule has 26 heavy (non-hydrogen) atoms. The van der Waals surface area contributed by atoms with Crippen LogP contribution in [0, 0.1) is 0 Å². The highest BCUT2D eigenvalue weighted by Gasteiger charge is 2.16. The van der Waals surface area contributed by atoms with Gasteiger partial charge >= 0.3 is 0 Å². The molecule has 0 atom stereocenters. The van der Waals surface area contributed by atoms with Gasteiger partial charge in [-0.2, -0.15) is 0 Å². The zero-order valence-electron chi connectivity index (χ0n) is 14.7. The molecule has 0 spiro atoms. The molecule has 1 heterocycles. The Kier molecular flexibility index (Phi) is 7.64. The van der Waals surface area contributed by atoms with E-state index in [0.29, 0.717) is 29.9 Å². The molecule has 1 aromatic carbocycles. The topological polar surface area (TPSA) is 110 Å². The number of amides is 1. The molecule has 8 nitrogen and oxygen atoms in total. The lowest BCUT2D eigenvalue weighted by molar-refractivity contribution is 0.102. The number of ether oxygens (including phenoxy) is 1. The number of hydrogen-bond acceptors (Lipinski definition) is 7. The van der Waals surface area contributed by atoms with Crippen LogP contribution in [-0.2, 0) is 21.4 Å². The van der Waals surface area contributed by atoms with Crippen LogP contribution in [0.2, 0.25) is 0 Å². The van der Waals surface area contributed by atoms with E-state index in [4.69, 9.17) is 4.74 Å². The molecule has 0 aliphatic heterocycles. The number of anilines is 1. The zero-order valence-corrected chi connectivity index (χ0v) is 16.3. The maximum absolute atomic E-state index is 12.4. The molecular weight excluding hydrogens is 376 g/mol. The second kappa shape index (κ2) is 9.72. The smallest absolute Gasteiger partial charge is 0.257 e. The molecule has 0 saturated carbocycles. The van der Waals surface area contributed by atoms with Crippen LogP contribution >= 0.6 is 11.3 Å². The van der Waals surface area contributed by atoms with Crippen molar-refractivity contribution in [1.29, 1.82) is 0 Å². The van der Waals surface area contributed by atoms with Crippen LogP contribution in [0.1, 0.15) is 42.1 Å². The Hall–Kier alpha value is -1.88. The SMILES string of the molecule is CCCCNS(=O)(=O)c1cccc(C(=O)Nc2nnc(COCC)s2)c1. The van der Waals surface area contributed by atoms with E-state index >= 15 is 0 Å². The third-order valence-electron chi connectivity index (χ3n) is 3.35. The molecule has 2 rings (SSSR count). The summed E-state index contributed by atoms with van der Waals surface area (Å²) >= 11 is 1.21. The lowest BCUT2D eigenvalue weighted by Crippen LogP contribution is -2.25. The second-order valence-electron chi connectivity index (χ2n) is 5.37. The van der Waals surface area contributed by atoms with Crippen molar-refractivity contribution in [2.24, 2.45) is 0 Å². The van der Waals surface area contributed by atoms with E-state index in [-0.39, 0.29) is 10.5 Å². The molecule has 1 amide bonds. The fourth-order valence-corrected chi connectivity index (χ4v) is 3.78. The second-order valence-corrected chi connectivity index (χ2v) is 8.20. The van der Waals surface area contributed by atoms with Crippen LogP contribution in [-0.4, -0.2) is 37.7 Å². The molecule has 0 radical (unpaired) electrons. The lowest BCUT2D eigenvalue weighted by atomic mass is 10.2. The fraction of sp³-hybridized carbons (Fsp3) is 0.438. The molecular formula is C16H22N4O4S2. The summed E-state index contributed by atoms with van der Waals surface area (Å²) in [6.45, 7) is 5.12. The first-order valence-corrected chi connectivity index (χ1v) is 10.6. The zero-order chi connectivity index (χ0) is 19.0. The summed E-state index contributed by atoms with van der Waals surface area (Å²) in [6, 6.07) is 5.87. The Labute approximate surface area is 157 Å². The van der Waals surface area contributed by atoms with Crippen molar-refractivity contribution in [3.05, 3.63) is 34.8 Å². The molecule has 1 aromatic heterocycles. The van der Waals surface area contributed by atoms with Crippen molar-refractivity contribution in [3.8, 4) is 0 Å². The maximum Gasteiger partial charge on any atom is 0.257 e. The average Bonchev–Trinajstić information content (AvgIpc) is 3.07. The summed E-state index contributed by atoms with van der Waals surface area (Å²) in [5.41, 5.74) is 0.227. The molecule has 0 bridgehead atoms. The molecule has 0 fully saturated rings. The summed E-state index contributed by atoms with van der Waals surface area (Å²) in [5.74, 6) is -0.449. The van der Waals surface area contributed by atoms with Gasteiger partial charge in [0, 0.05) is 18.7 Å². The number of nitrogens with one attached hydrogen (secondary N) is 2. The Balaban J connectivity index is 2.06. The minimum atomic E-state index is -3.64. The third kappa shape index (κ3) is 5.84. The fourth-order valence-electron chi connectivity index (χ4n) is 1.99. The van der Waals surface area contributed by atoms with Crippen molar-refractivity contribution in [2.45, 2.75) is 38.2 Å². The van der Waals surface area contributed by atoms with Gasteiger partial charge in [0.25, 0.3) is 5.91 Å². The number of benzene rings is 1. The minimum absolute atomic E-state index is 0.0514. The van der Waals surface area contributed by atoms with Crippen molar-refractivity contribution in [1.82, 2.24) is 14.9 Å². The third-order valence-corrected chi connectivity index (χ3v) is 5.62.